The molecule has 178 valence electrons. The number of para-hydroxylation sites is 1. The number of esters is 1. The van der Waals surface area contributed by atoms with Crippen molar-refractivity contribution < 1.29 is 19.1 Å². The molecule has 0 spiro atoms. The number of anilines is 1. The summed E-state index contributed by atoms with van der Waals surface area (Å²) in [6.45, 7) is 4.10. The highest BCUT2D eigenvalue weighted by Gasteiger charge is 2.44. The van der Waals surface area contributed by atoms with Gasteiger partial charge in [-0.3, -0.25) is 14.8 Å². The molecule has 1 N–H and O–H groups in total. The van der Waals surface area contributed by atoms with E-state index >= 15 is 0 Å². The van der Waals surface area contributed by atoms with E-state index in [0.717, 1.165) is 27.9 Å². The molecule has 1 unspecified atom stereocenters. The van der Waals surface area contributed by atoms with Crippen LogP contribution in [0.4, 0.5) is 5.69 Å². The highest BCUT2D eigenvalue weighted by molar-refractivity contribution is 7.08. The molecule has 1 aliphatic rings. The van der Waals surface area contributed by atoms with Crippen molar-refractivity contribution in [1.29, 1.82) is 0 Å². The number of amides is 1. The van der Waals surface area contributed by atoms with E-state index in [9.17, 15) is 9.59 Å². The van der Waals surface area contributed by atoms with Crippen LogP contribution in [0.1, 0.15) is 63.5 Å². The third kappa shape index (κ3) is 3.70. The summed E-state index contributed by atoms with van der Waals surface area (Å²) >= 11 is 1.55. The number of H-pyrrole nitrogens is 1. The molecule has 8 heteroatoms. The van der Waals surface area contributed by atoms with Gasteiger partial charge in [-0.2, -0.15) is 16.4 Å². The molecule has 2 aromatic heterocycles. The van der Waals surface area contributed by atoms with Gasteiger partial charge in [-0.25, -0.2) is 4.79 Å². The Bertz CT molecular complexity index is 1410. The first-order valence-corrected chi connectivity index (χ1v) is 12.2. The van der Waals surface area contributed by atoms with Crippen LogP contribution in [0.3, 0.4) is 0 Å². The van der Waals surface area contributed by atoms with Gasteiger partial charge in [-0.1, -0.05) is 38.1 Å². The summed E-state index contributed by atoms with van der Waals surface area (Å²) in [4.78, 5) is 28.3. The molecule has 0 fully saturated rings. The van der Waals surface area contributed by atoms with Gasteiger partial charge in [0.25, 0.3) is 5.91 Å². The zero-order chi connectivity index (χ0) is 24.7. The second-order valence-electron chi connectivity index (χ2n) is 8.61. The fourth-order valence-corrected chi connectivity index (χ4v) is 5.35. The standard InChI is InChI=1S/C27H25N3O4S/c1-15(2)23-22-24(29-28-23)26(31)30(25(22)19-7-5-6-8-21(19)33-3)17-9-10-18(16-11-12-35-14-16)20(13-17)27(32)34-4/h5-15,25H,1-4H3,(H,28,29). The predicted octanol–water partition coefficient (Wildman–Crippen LogP) is 5.81. The minimum Gasteiger partial charge on any atom is -0.496 e. The molecule has 1 amide bonds. The van der Waals surface area contributed by atoms with E-state index in [0.29, 0.717) is 22.7 Å². The Morgan fingerprint density at radius 2 is 1.94 bits per heavy atom. The average Bonchev–Trinajstić information content (AvgIpc) is 3.61. The first kappa shape index (κ1) is 22.9. The maximum Gasteiger partial charge on any atom is 0.338 e. The van der Waals surface area contributed by atoms with Gasteiger partial charge in [0.15, 0.2) is 0 Å². The number of thiophene rings is 1. The second kappa shape index (κ2) is 9.03. The maximum absolute atomic E-state index is 13.8. The van der Waals surface area contributed by atoms with Crippen molar-refractivity contribution in [2.24, 2.45) is 0 Å². The summed E-state index contributed by atoms with van der Waals surface area (Å²) in [7, 11) is 2.97. The molecule has 0 bridgehead atoms. The number of hydrogen-bond donors (Lipinski definition) is 1. The van der Waals surface area contributed by atoms with Gasteiger partial charge < -0.3 is 9.47 Å². The number of aromatic amines is 1. The van der Waals surface area contributed by atoms with Gasteiger partial charge in [0.2, 0.25) is 0 Å². The van der Waals surface area contributed by atoms with Crippen LogP contribution >= 0.6 is 11.3 Å². The van der Waals surface area contributed by atoms with Crippen LogP contribution in [0.5, 0.6) is 5.75 Å². The molecule has 1 aliphatic heterocycles. The molecule has 0 aliphatic carbocycles. The van der Waals surface area contributed by atoms with Crippen molar-refractivity contribution in [2.75, 3.05) is 19.1 Å². The Kier molecular flexibility index (Phi) is 5.90. The normalized spacial score (nSPS) is 14.9. The summed E-state index contributed by atoms with van der Waals surface area (Å²) in [5, 5.41) is 11.4. The van der Waals surface area contributed by atoms with Gasteiger partial charge in [-0.05, 0) is 52.1 Å². The molecule has 0 saturated heterocycles. The van der Waals surface area contributed by atoms with Crippen molar-refractivity contribution in [3.8, 4) is 16.9 Å². The first-order chi connectivity index (χ1) is 17.0. The Hall–Kier alpha value is -3.91. The van der Waals surface area contributed by atoms with E-state index in [1.54, 1.807) is 29.4 Å². The Labute approximate surface area is 207 Å². The van der Waals surface area contributed by atoms with Crippen LogP contribution in [0.2, 0.25) is 0 Å². The number of fused-ring (bicyclic) bond motifs is 1. The highest BCUT2D eigenvalue weighted by Crippen LogP contribution is 2.47. The molecule has 4 aromatic rings. The van der Waals surface area contributed by atoms with Crippen LogP contribution in [-0.4, -0.2) is 36.3 Å². The van der Waals surface area contributed by atoms with Crippen LogP contribution < -0.4 is 9.64 Å². The molecule has 0 saturated carbocycles. The SMILES string of the molecule is COC(=O)c1cc(N2C(=O)c3[nH]nc(C(C)C)c3C2c2ccccc2OC)ccc1-c1ccsc1. The van der Waals surface area contributed by atoms with E-state index in [-0.39, 0.29) is 11.8 Å². The Morgan fingerprint density at radius 1 is 1.14 bits per heavy atom. The lowest BCUT2D eigenvalue weighted by Crippen LogP contribution is -2.30. The molecular weight excluding hydrogens is 462 g/mol. The van der Waals surface area contributed by atoms with Crippen LogP contribution in [0.25, 0.3) is 11.1 Å². The molecule has 1 atom stereocenters. The number of ether oxygens (including phenoxy) is 2. The van der Waals surface area contributed by atoms with Crippen LogP contribution in [0.15, 0.2) is 59.3 Å². The van der Waals surface area contributed by atoms with Gasteiger partial charge in [0, 0.05) is 16.8 Å². The minimum absolute atomic E-state index is 0.103. The second-order valence-corrected chi connectivity index (χ2v) is 9.39. The molecule has 0 radical (unpaired) electrons. The number of nitrogens with one attached hydrogen (secondary N) is 1. The first-order valence-electron chi connectivity index (χ1n) is 11.3. The number of hydrogen-bond acceptors (Lipinski definition) is 6. The van der Waals surface area contributed by atoms with Crippen LogP contribution in [-0.2, 0) is 4.74 Å². The van der Waals surface area contributed by atoms with Gasteiger partial charge in [0.1, 0.15) is 11.4 Å². The quantitative estimate of drug-likeness (QED) is 0.347. The number of carbonyl (C=O) groups is 2. The lowest BCUT2D eigenvalue weighted by Gasteiger charge is -2.28. The topological polar surface area (TPSA) is 84.5 Å². The number of nitrogens with zero attached hydrogens (tertiary/aromatic N) is 2. The van der Waals surface area contributed by atoms with Crippen LogP contribution in [0, 0.1) is 0 Å². The molecule has 5 rings (SSSR count). The number of aromatic nitrogens is 2. The maximum atomic E-state index is 13.8. The Morgan fingerprint density at radius 3 is 2.63 bits per heavy atom. The number of benzene rings is 2. The zero-order valence-corrected chi connectivity index (χ0v) is 20.7. The molecular formula is C27H25N3O4S. The molecule has 2 aromatic carbocycles. The summed E-state index contributed by atoms with van der Waals surface area (Å²) in [6, 6.07) is 14.6. The van der Waals surface area contributed by atoms with Gasteiger partial charge >= 0.3 is 5.97 Å². The third-order valence-electron chi connectivity index (χ3n) is 6.30. The molecule has 35 heavy (non-hydrogen) atoms. The fraction of sp³-hybridized carbons (Fsp3) is 0.222. The minimum atomic E-state index is -0.470. The van der Waals surface area contributed by atoms with Crippen molar-refractivity contribution in [3.63, 3.8) is 0 Å². The van der Waals surface area contributed by atoms with E-state index in [4.69, 9.17) is 9.47 Å². The van der Waals surface area contributed by atoms with Gasteiger partial charge in [0.05, 0.1) is 31.5 Å². The number of carbonyl (C=O) groups excluding carboxylic acids is 2. The number of methoxy groups -OCH3 is 2. The third-order valence-corrected chi connectivity index (χ3v) is 6.98. The monoisotopic (exact) mass is 487 g/mol. The van der Waals surface area contributed by atoms with Crippen molar-refractivity contribution in [2.45, 2.75) is 25.8 Å². The van der Waals surface area contributed by atoms with Crippen molar-refractivity contribution in [3.05, 3.63) is 87.4 Å². The molecule has 3 heterocycles. The predicted molar refractivity (Wildman–Crippen MR) is 135 cm³/mol. The molecule has 7 nitrogen and oxygen atoms in total. The summed E-state index contributed by atoms with van der Waals surface area (Å²) < 4.78 is 10.8. The summed E-state index contributed by atoms with van der Waals surface area (Å²) in [5.41, 5.74) is 5.61. The van der Waals surface area contributed by atoms with E-state index < -0.39 is 12.0 Å². The largest absolute Gasteiger partial charge is 0.496 e. The lowest BCUT2D eigenvalue weighted by atomic mass is 9.93. The van der Waals surface area contributed by atoms with Crippen molar-refractivity contribution in [1.82, 2.24) is 10.2 Å². The fourth-order valence-electron chi connectivity index (χ4n) is 4.69. The lowest BCUT2D eigenvalue weighted by molar-refractivity contribution is 0.0601. The highest BCUT2D eigenvalue weighted by atomic mass is 32.1. The van der Waals surface area contributed by atoms with Crippen molar-refractivity contribution >= 4 is 28.9 Å². The summed E-state index contributed by atoms with van der Waals surface area (Å²) in [5.74, 6) is 0.0969. The Balaban J connectivity index is 1.72. The van der Waals surface area contributed by atoms with E-state index in [1.165, 1.54) is 7.11 Å². The van der Waals surface area contributed by atoms with E-state index in [2.05, 4.69) is 10.2 Å². The smallest absolute Gasteiger partial charge is 0.338 e. The van der Waals surface area contributed by atoms with Gasteiger partial charge in [-0.15, -0.1) is 0 Å². The van der Waals surface area contributed by atoms with E-state index in [1.807, 2.05) is 67.1 Å². The number of rotatable bonds is 6. The summed E-state index contributed by atoms with van der Waals surface area (Å²) in [6.07, 6.45) is 0. The average molecular weight is 488 g/mol. The zero-order valence-electron chi connectivity index (χ0n) is 19.9.